The Morgan fingerprint density at radius 2 is 2.08 bits per heavy atom. The number of aliphatic imine (C=N–C) groups is 1. The molecule has 2 aromatic rings. The summed E-state index contributed by atoms with van der Waals surface area (Å²) in [5.41, 5.74) is 14.7. The first-order valence-electron chi connectivity index (χ1n) is 7.27. The van der Waals surface area contributed by atoms with Crippen LogP contribution in [0.3, 0.4) is 0 Å². The summed E-state index contributed by atoms with van der Waals surface area (Å²) >= 11 is 0. The average Bonchev–Trinajstić information content (AvgIpc) is 3.07. The molecule has 0 radical (unpaired) electrons. The van der Waals surface area contributed by atoms with Crippen LogP contribution in [0.4, 0.5) is 14.5 Å². The Kier molecular flexibility index (Phi) is 5.72. The van der Waals surface area contributed by atoms with Crippen molar-refractivity contribution in [2.75, 3.05) is 5.32 Å². The summed E-state index contributed by atoms with van der Waals surface area (Å²) in [4.78, 5) is 6.71. The highest BCUT2D eigenvalue weighted by Gasteiger charge is 2.14. The number of aromatic amines is 1. The minimum Gasteiger partial charge on any atom is -0.382 e. The molecule has 0 aliphatic rings. The van der Waals surface area contributed by atoms with Gasteiger partial charge in [-0.2, -0.15) is 5.11 Å². The number of hydrogen-bond acceptors (Lipinski definition) is 4. The van der Waals surface area contributed by atoms with Gasteiger partial charge in [0, 0.05) is 23.9 Å². The molecule has 1 heterocycles. The van der Waals surface area contributed by atoms with Gasteiger partial charge in [-0.3, -0.25) is 5.41 Å². The SMILES string of the molecule is CC(/C(=C/Nc1ccc(F)cc1F)N=N)c1ccc(/C(N)=N\C=N)[nH]1. The Bertz CT molecular complexity index is 839. The fourth-order valence-electron chi connectivity index (χ4n) is 2.12. The van der Waals surface area contributed by atoms with E-state index in [-0.39, 0.29) is 17.4 Å². The molecule has 1 unspecified atom stereocenters. The molecular weight excluding hydrogens is 328 g/mol. The molecule has 0 bridgehead atoms. The lowest BCUT2D eigenvalue weighted by atomic mass is 10.1. The fraction of sp³-hybridized carbons (Fsp3) is 0.125. The number of halogens is 2. The number of anilines is 1. The van der Waals surface area contributed by atoms with Gasteiger partial charge < -0.3 is 16.0 Å². The van der Waals surface area contributed by atoms with E-state index in [1.807, 2.05) is 0 Å². The van der Waals surface area contributed by atoms with E-state index in [2.05, 4.69) is 20.4 Å². The van der Waals surface area contributed by atoms with Crippen LogP contribution < -0.4 is 11.1 Å². The molecule has 0 aliphatic heterocycles. The van der Waals surface area contributed by atoms with E-state index < -0.39 is 11.6 Å². The molecular formula is C16H17F2N7. The minimum absolute atomic E-state index is 0.0734. The number of rotatable bonds is 7. The fourth-order valence-corrected chi connectivity index (χ4v) is 2.12. The number of H-pyrrole nitrogens is 1. The number of aromatic nitrogens is 1. The van der Waals surface area contributed by atoms with Gasteiger partial charge in [0.05, 0.1) is 17.1 Å². The van der Waals surface area contributed by atoms with E-state index in [0.717, 1.165) is 18.5 Å². The number of hydrogen-bond donors (Lipinski definition) is 5. The predicted molar refractivity (Wildman–Crippen MR) is 91.9 cm³/mol. The molecule has 1 aromatic carbocycles. The molecule has 0 saturated carbocycles. The van der Waals surface area contributed by atoms with Gasteiger partial charge in [0.15, 0.2) is 0 Å². The van der Waals surface area contributed by atoms with Crippen molar-refractivity contribution in [1.29, 1.82) is 10.9 Å². The first-order valence-corrected chi connectivity index (χ1v) is 7.27. The van der Waals surface area contributed by atoms with Gasteiger partial charge in [-0.25, -0.2) is 19.3 Å². The van der Waals surface area contributed by atoms with Crippen LogP contribution in [-0.2, 0) is 0 Å². The molecule has 25 heavy (non-hydrogen) atoms. The zero-order valence-electron chi connectivity index (χ0n) is 13.3. The molecule has 9 heteroatoms. The van der Waals surface area contributed by atoms with Crippen molar-refractivity contribution in [3.63, 3.8) is 0 Å². The Balaban J connectivity index is 2.20. The molecule has 0 aliphatic carbocycles. The van der Waals surface area contributed by atoms with Crippen LogP contribution in [0.1, 0.15) is 24.2 Å². The van der Waals surface area contributed by atoms with Gasteiger partial charge in [0.25, 0.3) is 0 Å². The Morgan fingerprint density at radius 3 is 2.72 bits per heavy atom. The van der Waals surface area contributed by atoms with Gasteiger partial charge in [0.1, 0.15) is 23.8 Å². The van der Waals surface area contributed by atoms with E-state index in [1.165, 1.54) is 12.3 Å². The normalized spacial score (nSPS) is 13.4. The van der Waals surface area contributed by atoms with Crippen molar-refractivity contribution >= 4 is 17.9 Å². The lowest BCUT2D eigenvalue weighted by Crippen LogP contribution is -2.14. The molecule has 7 nitrogen and oxygen atoms in total. The highest BCUT2D eigenvalue weighted by atomic mass is 19.1. The summed E-state index contributed by atoms with van der Waals surface area (Å²) in [6.07, 6.45) is 2.22. The molecule has 1 aromatic heterocycles. The quantitative estimate of drug-likeness (QED) is 0.298. The second-order valence-corrected chi connectivity index (χ2v) is 5.14. The lowest BCUT2D eigenvalue weighted by molar-refractivity contribution is 0.586. The number of nitrogens with one attached hydrogen (secondary N) is 4. The summed E-state index contributed by atoms with van der Waals surface area (Å²) in [6.45, 7) is 1.80. The molecule has 0 fully saturated rings. The van der Waals surface area contributed by atoms with E-state index in [9.17, 15) is 8.78 Å². The molecule has 6 N–H and O–H groups in total. The van der Waals surface area contributed by atoms with Gasteiger partial charge in [0.2, 0.25) is 0 Å². The number of benzene rings is 1. The van der Waals surface area contributed by atoms with Crippen LogP contribution in [0, 0.1) is 22.6 Å². The number of allylic oxidation sites excluding steroid dienone is 1. The van der Waals surface area contributed by atoms with Crippen molar-refractivity contribution in [3.8, 4) is 0 Å². The maximum atomic E-state index is 13.6. The van der Waals surface area contributed by atoms with E-state index >= 15 is 0 Å². The van der Waals surface area contributed by atoms with Crippen LogP contribution in [0.2, 0.25) is 0 Å². The van der Waals surface area contributed by atoms with E-state index in [0.29, 0.717) is 17.1 Å². The summed E-state index contributed by atoms with van der Waals surface area (Å²) < 4.78 is 26.5. The van der Waals surface area contributed by atoms with E-state index in [1.54, 1.807) is 19.1 Å². The van der Waals surface area contributed by atoms with Crippen molar-refractivity contribution in [2.24, 2.45) is 15.8 Å². The largest absolute Gasteiger partial charge is 0.382 e. The van der Waals surface area contributed by atoms with Crippen LogP contribution in [0.15, 0.2) is 52.3 Å². The third-order valence-electron chi connectivity index (χ3n) is 3.53. The number of amidine groups is 1. The highest BCUT2D eigenvalue weighted by Crippen LogP contribution is 2.25. The zero-order chi connectivity index (χ0) is 18.4. The number of nitrogens with zero attached hydrogens (tertiary/aromatic N) is 2. The Morgan fingerprint density at radius 1 is 1.32 bits per heavy atom. The maximum absolute atomic E-state index is 13.6. The first-order chi connectivity index (χ1) is 12.0. The molecule has 0 saturated heterocycles. The highest BCUT2D eigenvalue weighted by molar-refractivity contribution is 5.99. The first kappa shape index (κ1) is 18.0. The van der Waals surface area contributed by atoms with Gasteiger partial charge in [-0.05, 0) is 24.3 Å². The molecule has 1 atom stereocenters. The number of nitrogens with two attached hydrogens (primary N) is 1. The second kappa shape index (κ2) is 7.95. The Hall–Kier alpha value is -3.36. The Labute approximate surface area is 142 Å². The average molecular weight is 345 g/mol. The standard InChI is InChI=1S/C16H17F2N7/c1-9(12-4-5-14(24-12)16(20)23-8-19)15(25-21)7-22-13-3-2-10(17)6-11(13)18/h2-9,21-22,24H,1H3,(H3,19,20,23)/b15-7-,25-21?. The van der Waals surface area contributed by atoms with Crippen molar-refractivity contribution < 1.29 is 8.78 Å². The summed E-state index contributed by atoms with van der Waals surface area (Å²) in [6, 6.07) is 6.60. The molecule has 0 spiro atoms. The topological polar surface area (TPSA) is 126 Å². The third kappa shape index (κ3) is 4.34. The van der Waals surface area contributed by atoms with Crippen LogP contribution in [0.5, 0.6) is 0 Å². The second-order valence-electron chi connectivity index (χ2n) is 5.14. The minimum atomic E-state index is -0.744. The van der Waals surface area contributed by atoms with Gasteiger partial charge >= 0.3 is 0 Å². The van der Waals surface area contributed by atoms with Crippen molar-refractivity contribution in [3.05, 3.63) is 65.3 Å². The summed E-state index contributed by atoms with van der Waals surface area (Å²) in [7, 11) is 0. The summed E-state index contributed by atoms with van der Waals surface area (Å²) in [5.74, 6) is -1.58. The van der Waals surface area contributed by atoms with Gasteiger partial charge in [-0.15, -0.1) is 0 Å². The monoisotopic (exact) mass is 345 g/mol. The van der Waals surface area contributed by atoms with E-state index in [4.69, 9.17) is 16.7 Å². The van der Waals surface area contributed by atoms with Gasteiger partial charge in [-0.1, -0.05) is 6.92 Å². The molecule has 130 valence electrons. The van der Waals surface area contributed by atoms with Crippen LogP contribution in [0.25, 0.3) is 0 Å². The maximum Gasteiger partial charge on any atom is 0.149 e. The third-order valence-corrected chi connectivity index (χ3v) is 3.53. The predicted octanol–water partition coefficient (Wildman–Crippen LogP) is 3.69. The molecule has 2 rings (SSSR count). The summed E-state index contributed by atoms with van der Waals surface area (Å²) in [5, 5.41) is 13.1. The lowest BCUT2D eigenvalue weighted by Gasteiger charge is -2.11. The molecule has 0 amide bonds. The van der Waals surface area contributed by atoms with Crippen LogP contribution >= 0.6 is 0 Å². The van der Waals surface area contributed by atoms with Crippen molar-refractivity contribution in [1.82, 2.24) is 4.98 Å². The van der Waals surface area contributed by atoms with Crippen molar-refractivity contribution in [2.45, 2.75) is 12.8 Å². The zero-order valence-corrected chi connectivity index (χ0v) is 13.3. The van der Waals surface area contributed by atoms with Crippen LogP contribution in [-0.4, -0.2) is 17.2 Å². The smallest absolute Gasteiger partial charge is 0.149 e.